The first-order valence-corrected chi connectivity index (χ1v) is 10.9. The molecule has 0 saturated carbocycles. The molecule has 2 aromatic carbocycles. The third kappa shape index (κ3) is 3.95. The van der Waals surface area contributed by atoms with Crippen molar-refractivity contribution in [3.05, 3.63) is 71.9 Å². The Bertz CT molecular complexity index is 1280. The highest BCUT2D eigenvalue weighted by atomic mass is 19.2. The van der Waals surface area contributed by atoms with E-state index in [0.717, 1.165) is 35.0 Å². The van der Waals surface area contributed by atoms with E-state index < -0.39 is 11.6 Å². The second-order valence-corrected chi connectivity index (χ2v) is 8.19. The zero-order valence-electron chi connectivity index (χ0n) is 18.1. The maximum atomic E-state index is 14.4. The van der Waals surface area contributed by atoms with Gasteiger partial charge in [0.2, 0.25) is 0 Å². The lowest BCUT2D eigenvalue weighted by Gasteiger charge is -2.24. The van der Waals surface area contributed by atoms with Crippen LogP contribution in [0.4, 0.5) is 14.6 Å². The standard InChI is InChI=1S/C24H23F2N7/c1-15(32-11-2-3-12-32)16-7-9-17(10-8-16)18-13-19(23(27)28-14-18)24-29-30-31-33(24)21-6-4-5-20(25)22(21)26/h4-10,13-15H,2-3,11-12H2,1H3,(H2,27,28)/t15-/m0/s1. The number of tetrazole rings is 1. The second-order valence-electron chi connectivity index (χ2n) is 8.19. The molecular weight excluding hydrogens is 424 g/mol. The molecule has 1 fully saturated rings. The molecule has 0 radical (unpaired) electrons. The largest absolute Gasteiger partial charge is 0.383 e. The van der Waals surface area contributed by atoms with Gasteiger partial charge in [0.05, 0.1) is 5.56 Å². The number of likely N-dealkylation sites (tertiary alicyclic amines) is 1. The summed E-state index contributed by atoms with van der Waals surface area (Å²) in [5.41, 5.74) is 9.46. The molecule has 0 aliphatic carbocycles. The Morgan fingerprint density at radius 1 is 1.00 bits per heavy atom. The molecule has 1 atom stereocenters. The molecule has 7 nitrogen and oxygen atoms in total. The molecule has 0 bridgehead atoms. The summed E-state index contributed by atoms with van der Waals surface area (Å²) in [7, 11) is 0. The summed E-state index contributed by atoms with van der Waals surface area (Å²) < 4.78 is 29.3. The van der Waals surface area contributed by atoms with E-state index in [1.807, 2.05) is 12.1 Å². The quantitative estimate of drug-likeness (QED) is 0.488. The van der Waals surface area contributed by atoms with Crippen molar-refractivity contribution in [2.24, 2.45) is 0 Å². The minimum Gasteiger partial charge on any atom is -0.383 e. The lowest BCUT2D eigenvalue weighted by atomic mass is 10.0. The Labute approximate surface area is 189 Å². The van der Waals surface area contributed by atoms with Crippen LogP contribution in [0.1, 0.15) is 31.4 Å². The molecule has 2 N–H and O–H groups in total. The summed E-state index contributed by atoms with van der Waals surface area (Å²) in [6.07, 6.45) is 4.18. The van der Waals surface area contributed by atoms with Crippen molar-refractivity contribution in [3.63, 3.8) is 0 Å². The van der Waals surface area contributed by atoms with Gasteiger partial charge in [0.15, 0.2) is 17.5 Å². The number of pyridine rings is 1. The summed E-state index contributed by atoms with van der Waals surface area (Å²) >= 11 is 0. The number of nitrogen functional groups attached to an aromatic ring is 1. The van der Waals surface area contributed by atoms with Crippen LogP contribution in [0.2, 0.25) is 0 Å². The number of aromatic nitrogens is 5. The number of halogens is 2. The smallest absolute Gasteiger partial charge is 0.190 e. The van der Waals surface area contributed by atoms with Crippen LogP contribution >= 0.6 is 0 Å². The third-order valence-corrected chi connectivity index (χ3v) is 6.20. The fraction of sp³-hybridized carbons (Fsp3) is 0.250. The maximum absolute atomic E-state index is 14.4. The average Bonchev–Trinajstić information content (AvgIpc) is 3.53. The van der Waals surface area contributed by atoms with E-state index in [4.69, 9.17) is 5.73 Å². The van der Waals surface area contributed by atoms with Crippen molar-refractivity contribution in [2.45, 2.75) is 25.8 Å². The van der Waals surface area contributed by atoms with Crippen LogP contribution in [-0.4, -0.2) is 43.2 Å². The Hall–Kier alpha value is -3.72. The fourth-order valence-electron chi connectivity index (χ4n) is 4.28. The molecular formula is C24H23F2N7. The molecule has 0 amide bonds. The monoisotopic (exact) mass is 447 g/mol. The van der Waals surface area contributed by atoms with Crippen molar-refractivity contribution >= 4 is 5.82 Å². The molecule has 9 heteroatoms. The van der Waals surface area contributed by atoms with Crippen LogP contribution in [0.15, 0.2) is 54.7 Å². The SMILES string of the molecule is C[C@@H](c1ccc(-c2cnc(N)c(-c3nnnn3-c3cccc(F)c3F)c2)cc1)N1CCCC1. The van der Waals surface area contributed by atoms with Crippen molar-refractivity contribution in [3.8, 4) is 28.2 Å². The van der Waals surface area contributed by atoms with Gasteiger partial charge in [-0.15, -0.1) is 5.10 Å². The van der Waals surface area contributed by atoms with Gasteiger partial charge in [-0.25, -0.2) is 13.8 Å². The summed E-state index contributed by atoms with van der Waals surface area (Å²) in [6.45, 7) is 4.50. The van der Waals surface area contributed by atoms with E-state index in [0.29, 0.717) is 11.6 Å². The van der Waals surface area contributed by atoms with E-state index in [1.165, 1.54) is 30.5 Å². The van der Waals surface area contributed by atoms with Gasteiger partial charge in [0, 0.05) is 17.8 Å². The third-order valence-electron chi connectivity index (χ3n) is 6.20. The minimum atomic E-state index is -1.04. The second kappa shape index (κ2) is 8.67. The minimum absolute atomic E-state index is 0.111. The zero-order chi connectivity index (χ0) is 22.9. The molecule has 1 saturated heterocycles. The van der Waals surface area contributed by atoms with Crippen LogP contribution < -0.4 is 5.73 Å². The zero-order valence-corrected chi connectivity index (χ0v) is 18.1. The molecule has 3 heterocycles. The Kier molecular flexibility index (Phi) is 5.55. The van der Waals surface area contributed by atoms with Crippen LogP contribution in [0.25, 0.3) is 28.2 Å². The summed E-state index contributed by atoms with van der Waals surface area (Å²) in [5.74, 6) is -1.68. The number of hydrogen-bond donors (Lipinski definition) is 1. The number of hydrogen-bond acceptors (Lipinski definition) is 6. The van der Waals surface area contributed by atoms with Crippen molar-refractivity contribution in [2.75, 3.05) is 18.8 Å². The van der Waals surface area contributed by atoms with Crippen molar-refractivity contribution in [1.29, 1.82) is 0 Å². The van der Waals surface area contributed by atoms with E-state index in [-0.39, 0.29) is 17.3 Å². The van der Waals surface area contributed by atoms with Gasteiger partial charge >= 0.3 is 0 Å². The molecule has 5 rings (SSSR count). The fourth-order valence-corrected chi connectivity index (χ4v) is 4.28. The molecule has 168 valence electrons. The summed E-state index contributed by atoms with van der Waals surface area (Å²) in [6, 6.07) is 14.3. The summed E-state index contributed by atoms with van der Waals surface area (Å²) in [4.78, 5) is 6.79. The normalized spacial score (nSPS) is 15.1. The molecule has 2 aromatic heterocycles. The number of anilines is 1. The highest BCUT2D eigenvalue weighted by molar-refractivity contribution is 5.76. The van der Waals surface area contributed by atoms with E-state index in [1.54, 1.807) is 12.3 Å². The van der Waals surface area contributed by atoms with Gasteiger partial charge < -0.3 is 5.73 Å². The number of nitrogens with zero attached hydrogens (tertiary/aromatic N) is 6. The first-order chi connectivity index (χ1) is 16.0. The summed E-state index contributed by atoms with van der Waals surface area (Å²) in [5, 5.41) is 11.5. The Morgan fingerprint density at radius 2 is 1.76 bits per heavy atom. The van der Waals surface area contributed by atoms with Crippen molar-refractivity contribution in [1.82, 2.24) is 30.1 Å². The highest BCUT2D eigenvalue weighted by Crippen LogP contribution is 2.31. The molecule has 0 unspecified atom stereocenters. The molecule has 33 heavy (non-hydrogen) atoms. The molecule has 1 aliphatic heterocycles. The van der Waals surface area contributed by atoms with Gasteiger partial charge in [0.25, 0.3) is 0 Å². The molecule has 1 aliphatic rings. The van der Waals surface area contributed by atoms with Crippen LogP contribution in [0.3, 0.4) is 0 Å². The van der Waals surface area contributed by atoms with Gasteiger partial charge in [0.1, 0.15) is 11.5 Å². The van der Waals surface area contributed by atoms with Crippen molar-refractivity contribution < 1.29 is 8.78 Å². The lowest BCUT2D eigenvalue weighted by Crippen LogP contribution is -2.23. The van der Waals surface area contributed by atoms with Gasteiger partial charge in [-0.05, 0) is 72.6 Å². The maximum Gasteiger partial charge on any atom is 0.190 e. The lowest BCUT2D eigenvalue weighted by molar-refractivity contribution is 0.263. The van der Waals surface area contributed by atoms with Crippen LogP contribution in [0, 0.1) is 11.6 Å². The average molecular weight is 447 g/mol. The predicted molar refractivity (Wildman–Crippen MR) is 121 cm³/mol. The molecule has 4 aromatic rings. The Balaban J connectivity index is 1.49. The van der Waals surface area contributed by atoms with Gasteiger partial charge in [-0.2, -0.15) is 4.68 Å². The van der Waals surface area contributed by atoms with Gasteiger partial charge in [-0.1, -0.05) is 30.3 Å². The first kappa shape index (κ1) is 21.1. The van der Waals surface area contributed by atoms with Crippen LogP contribution in [0.5, 0.6) is 0 Å². The van der Waals surface area contributed by atoms with Crippen LogP contribution in [-0.2, 0) is 0 Å². The van der Waals surface area contributed by atoms with Gasteiger partial charge in [-0.3, -0.25) is 4.90 Å². The molecule has 0 spiro atoms. The number of nitrogens with two attached hydrogens (primary N) is 1. The van der Waals surface area contributed by atoms with E-state index in [2.05, 4.69) is 44.5 Å². The Morgan fingerprint density at radius 3 is 2.52 bits per heavy atom. The number of benzene rings is 2. The van der Waals surface area contributed by atoms with E-state index >= 15 is 0 Å². The predicted octanol–water partition coefficient (Wildman–Crippen LogP) is 4.41. The first-order valence-electron chi connectivity index (χ1n) is 10.9. The van der Waals surface area contributed by atoms with E-state index in [9.17, 15) is 8.78 Å². The topological polar surface area (TPSA) is 85.7 Å². The highest BCUT2D eigenvalue weighted by Gasteiger charge is 2.21. The number of rotatable bonds is 5.